The number of amides is 1. The summed E-state index contributed by atoms with van der Waals surface area (Å²) in [4.78, 5) is 38.2. The number of fused-ring (bicyclic) bond motifs is 3. The number of rotatable bonds is 8. The predicted molar refractivity (Wildman–Crippen MR) is 172 cm³/mol. The van der Waals surface area contributed by atoms with E-state index in [1.54, 1.807) is 20.1 Å². The zero-order chi connectivity index (χ0) is 32.3. The van der Waals surface area contributed by atoms with Crippen LogP contribution in [0.15, 0.2) is 93.8 Å². The summed E-state index contributed by atoms with van der Waals surface area (Å²) < 4.78 is 17.8. The number of ether oxygens (including phenoxy) is 2. The lowest BCUT2D eigenvalue weighted by atomic mass is 9.82. The zero-order valence-corrected chi connectivity index (χ0v) is 25.4. The Balaban J connectivity index is 1.16. The molecule has 0 radical (unpaired) electrons. The van der Waals surface area contributed by atoms with Gasteiger partial charge in [0.15, 0.2) is 5.43 Å². The van der Waals surface area contributed by atoms with Crippen LogP contribution in [0.5, 0.6) is 11.5 Å². The van der Waals surface area contributed by atoms with Crippen LogP contribution >= 0.6 is 0 Å². The van der Waals surface area contributed by atoms with Gasteiger partial charge in [-0.25, -0.2) is 4.79 Å². The number of aliphatic carboxylic acids is 1. The van der Waals surface area contributed by atoms with Gasteiger partial charge >= 0.3 is 5.97 Å². The summed E-state index contributed by atoms with van der Waals surface area (Å²) in [5, 5.41) is 20.8. The quantitative estimate of drug-likeness (QED) is 0.164. The molecule has 3 aliphatic heterocycles. The van der Waals surface area contributed by atoms with Crippen LogP contribution in [-0.2, 0) is 16.2 Å². The number of carboxylic acid groups (broad SMARTS) is 1. The summed E-state index contributed by atoms with van der Waals surface area (Å²) in [7, 11) is 1.63. The monoisotopic (exact) mass is 617 g/mol. The van der Waals surface area contributed by atoms with Gasteiger partial charge in [0.2, 0.25) is 5.91 Å². The first-order valence-electron chi connectivity index (χ1n) is 15.0. The van der Waals surface area contributed by atoms with E-state index in [4.69, 9.17) is 13.9 Å². The lowest BCUT2D eigenvalue weighted by Gasteiger charge is -2.44. The highest BCUT2D eigenvalue weighted by molar-refractivity contribution is 6.06. The van der Waals surface area contributed by atoms with Crippen molar-refractivity contribution in [3.8, 4) is 33.9 Å². The van der Waals surface area contributed by atoms with E-state index in [-0.39, 0.29) is 29.7 Å². The van der Waals surface area contributed by atoms with Crippen LogP contribution in [0.1, 0.15) is 30.0 Å². The number of aryl methyl sites for hydroxylation is 1. The van der Waals surface area contributed by atoms with Crippen LogP contribution in [0.4, 0.5) is 0 Å². The van der Waals surface area contributed by atoms with E-state index in [0.717, 1.165) is 39.0 Å². The molecule has 1 unspecified atom stereocenters. The van der Waals surface area contributed by atoms with E-state index in [9.17, 15) is 24.6 Å². The molecule has 4 aliphatic rings. The second-order valence-corrected chi connectivity index (χ2v) is 11.8. The normalized spacial score (nSPS) is 18.1. The molecule has 46 heavy (non-hydrogen) atoms. The maximum Gasteiger partial charge on any atom is 0.352 e. The number of nitrogens with zero attached hydrogens (tertiary/aromatic N) is 1. The second kappa shape index (κ2) is 11.2. The molecule has 0 spiro atoms. The number of methoxy groups -OCH3 is 1. The van der Waals surface area contributed by atoms with Crippen LogP contribution in [0.2, 0.25) is 0 Å². The molecule has 3 aromatic rings. The van der Waals surface area contributed by atoms with Crippen LogP contribution in [0, 0.1) is 12.8 Å². The SMILES string of the molecule is COc1ccc(-c2c3ccc(=O)cc-3oc3cc(OCc4ccc(C5=C(C(=O)O)N6C(=O)[C@H](C(C)O)[C@H]6C5)cc4)ccc23)c(C)c1. The summed E-state index contributed by atoms with van der Waals surface area (Å²) in [5.41, 5.74) is 6.35. The standard InChI is InChI=1S/C37H31NO8/c1-19-14-24(44-3)9-12-26(19)34-27-11-8-23(40)15-31(27)46-32-16-25(10-13-28(32)34)45-18-21-4-6-22(7-5-21)29-17-30-33(20(2)39)36(41)38(30)35(29)37(42)43/h4-16,20,30,33,39H,17-18H2,1-3H3,(H,42,43)/t20?,30-,33-/m1/s1. The van der Waals surface area contributed by atoms with E-state index in [2.05, 4.69) is 0 Å². The van der Waals surface area contributed by atoms with Gasteiger partial charge in [0.1, 0.15) is 35.1 Å². The average Bonchev–Trinajstić information content (AvgIpc) is 3.38. The Morgan fingerprint density at radius 3 is 2.41 bits per heavy atom. The molecule has 9 nitrogen and oxygen atoms in total. The van der Waals surface area contributed by atoms with Gasteiger partial charge < -0.3 is 29.0 Å². The first kappa shape index (κ1) is 29.3. The smallest absolute Gasteiger partial charge is 0.352 e. The number of β-lactam (4-membered cyclic amide) rings is 1. The maximum atomic E-state index is 12.6. The second-order valence-electron chi connectivity index (χ2n) is 11.8. The summed E-state index contributed by atoms with van der Waals surface area (Å²) in [6, 6.07) is 23.4. The first-order chi connectivity index (χ1) is 22.1. The zero-order valence-electron chi connectivity index (χ0n) is 25.4. The molecule has 0 aromatic heterocycles. The van der Waals surface area contributed by atoms with E-state index in [1.165, 1.54) is 17.0 Å². The Morgan fingerprint density at radius 1 is 0.978 bits per heavy atom. The molecule has 0 bridgehead atoms. The number of aliphatic hydroxyl groups excluding tert-OH is 1. The molecule has 2 N–H and O–H groups in total. The Kier molecular flexibility index (Phi) is 7.13. The van der Waals surface area contributed by atoms with Gasteiger partial charge in [-0.3, -0.25) is 9.59 Å². The third kappa shape index (κ3) is 4.80. The van der Waals surface area contributed by atoms with Crippen molar-refractivity contribution in [1.29, 1.82) is 0 Å². The fourth-order valence-corrected chi connectivity index (χ4v) is 6.77. The fourth-order valence-electron chi connectivity index (χ4n) is 6.77. The highest BCUT2D eigenvalue weighted by Gasteiger charge is 2.56. The number of carbonyl (C=O) groups excluding carboxylic acids is 1. The molecule has 7 rings (SSSR count). The van der Waals surface area contributed by atoms with E-state index in [1.807, 2.05) is 67.6 Å². The molecule has 1 fully saturated rings. The molecule has 0 saturated carbocycles. The van der Waals surface area contributed by atoms with Crippen LogP contribution in [0.25, 0.3) is 39.0 Å². The fraction of sp³-hybridized carbons (Fsp3) is 0.216. The molecule has 3 atom stereocenters. The molecule has 3 aromatic carbocycles. The molecule has 1 amide bonds. The number of benzene rings is 4. The van der Waals surface area contributed by atoms with Crippen molar-refractivity contribution in [3.05, 3.63) is 111 Å². The third-order valence-corrected chi connectivity index (χ3v) is 9.01. The molecular weight excluding hydrogens is 586 g/mol. The average molecular weight is 618 g/mol. The minimum absolute atomic E-state index is 0.0170. The van der Waals surface area contributed by atoms with Gasteiger partial charge in [-0.15, -0.1) is 0 Å². The van der Waals surface area contributed by atoms with Gasteiger partial charge in [-0.05, 0) is 84.5 Å². The number of carboxylic acids is 1. The number of carbonyl (C=O) groups is 2. The maximum absolute atomic E-state index is 12.6. The minimum Gasteiger partial charge on any atom is -0.497 e. The Bertz CT molecular complexity index is 2090. The van der Waals surface area contributed by atoms with Crippen molar-refractivity contribution in [2.45, 2.75) is 39.0 Å². The first-order valence-corrected chi connectivity index (χ1v) is 15.0. The summed E-state index contributed by atoms with van der Waals surface area (Å²) >= 11 is 0. The van der Waals surface area contributed by atoms with Gasteiger partial charge in [0.25, 0.3) is 0 Å². The minimum atomic E-state index is -1.16. The van der Waals surface area contributed by atoms with Gasteiger partial charge in [-0.1, -0.05) is 30.3 Å². The number of hydrogen-bond acceptors (Lipinski definition) is 7. The Morgan fingerprint density at radius 2 is 1.72 bits per heavy atom. The van der Waals surface area contributed by atoms with E-state index >= 15 is 0 Å². The van der Waals surface area contributed by atoms with Crippen molar-refractivity contribution in [2.75, 3.05) is 7.11 Å². The summed E-state index contributed by atoms with van der Waals surface area (Å²) in [6.45, 7) is 3.82. The molecule has 232 valence electrons. The summed E-state index contributed by atoms with van der Waals surface area (Å²) in [6.07, 6.45) is -0.466. The third-order valence-electron chi connectivity index (χ3n) is 9.01. The van der Waals surface area contributed by atoms with Crippen molar-refractivity contribution in [2.24, 2.45) is 5.92 Å². The lowest BCUT2D eigenvalue weighted by molar-refractivity contribution is -0.161. The molecule has 1 saturated heterocycles. The van der Waals surface area contributed by atoms with Crippen molar-refractivity contribution < 1.29 is 33.7 Å². The highest BCUT2D eigenvalue weighted by Crippen LogP contribution is 2.47. The molecule has 3 heterocycles. The van der Waals surface area contributed by atoms with Crippen molar-refractivity contribution >= 4 is 28.4 Å². The summed E-state index contributed by atoms with van der Waals surface area (Å²) in [5.74, 6) is -0.292. The van der Waals surface area contributed by atoms with Crippen LogP contribution < -0.4 is 14.9 Å². The highest BCUT2D eigenvalue weighted by atomic mass is 16.5. The van der Waals surface area contributed by atoms with Crippen molar-refractivity contribution in [1.82, 2.24) is 4.90 Å². The van der Waals surface area contributed by atoms with Gasteiger partial charge in [-0.2, -0.15) is 0 Å². The van der Waals surface area contributed by atoms with E-state index in [0.29, 0.717) is 34.7 Å². The molecule has 1 aliphatic carbocycles. The Labute approximate surface area is 264 Å². The molecule has 9 heteroatoms. The van der Waals surface area contributed by atoms with Crippen LogP contribution in [0.3, 0.4) is 0 Å². The van der Waals surface area contributed by atoms with Crippen molar-refractivity contribution in [3.63, 3.8) is 0 Å². The molecular formula is C37H31NO8. The van der Waals surface area contributed by atoms with E-state index < -0.39 is 18.0 Å². The number of hydrogen-bond donors (Lipinski definition) is 2. The largest absolute Gasteiger partial charge is 0.497 e. The van der Waals surface area contributed by atoms with Gasteiger partial charge in [0, 0.05) is 28.6 Å². The lowest BCUT2D eigenvalue weighted by Crippen LogP contribution is -2.61. The van der Waals surface area contributed by atoms with Gasteiger partial charge in [0.05, 0.1) is 25.2 Å². The topological polar surface area (TPSA) is 127 Å². The predicted octanol–water partition coefficient (Wildman–Crippen LogP) is 5.87. The Hall–Kier alpha value is -5.41. The number of aliphatic hydroxyl groups is 1. The van der Waals surface area contributed by atoms with Crippen LogP contribution in [-0.4, -0.2) is 46.2 Å².